The quantitative estimate of drug-likeness (QED) is 0.757. The number of aromatic nitrogens is 3. The molecule has 0 aliphatic carbocycles. The summed E-state index contributed by atoms with van der Waals surface area (Å²) in [6.07, 6.45) is 6.39. The van der Waals surface area contributed by atoms with Crippen LogP contribution in [0.3, 0.4) is 0 Å². The maximum absolute atomic E-state index is 12.5. The van der Waals surface area contributed by atoms with E-state index in [9.17, 15) is 4.79 Å². The molecule has 3 heterocycles. The number of carbonyl (C=O) groups is 1. The van der Waals surface area contributed by atoms with Crippen LogP contribution >= 0.6 is 0 Å². The number of hydrogen-bond donors (Lipinski definition) is 1. The monoisotopic (exact) mass is 363 g/mol. The highest BCUT2D eigenvalue weighted by Crippen LogP contribution is 2.28. The lowest BCUT2D eigenvalue weighted by Crippen LogP contribution is -2.33. The van der Waals surface area contributed by atoms with Crippen LogP contribution in [-0.4, -0.2) is 51.6 Å². The van der Waals surface area contributed by atoms with Gasteiger partial charge in [0.2, 0.25) is 0 Å². The zero-order valence-corrected chi connectivity index (χ0v) is 15.9. The molecule has 6 heteroatoms. The van der Waals surface area contributed by atoms with E-state index in [1.165, 1.54) is 17.5 Å². The van der Waals surface area contributed by atoms with E-state index in [-0.39, 0.29) is 5.91 Å². The first-order valence-corrected chi connectivity index (χ1v) is 9.48. The predicted octanol–water partition coefficient (Wildman–Crippen LogP) is 2.57. The Labute approximate surface area is 159 Å². The summed E-state index contributed by atoms with van der Waals surface area (Å²) < 4.78 is 1.65. The van der Waals surface area contributed by atoms with Gasteiger partial charge >= 0.3 is 0 Å². The Morgan fingerprint density at radius 1 is 1.26 bits per heavy atom. The molecule has 4 rings (SSSR count). The summed E-state index contributed by atoms with van der Waals surface area (Å²) in [6, 6.07) is 8.64. The molecule has 27 heavy (non-hydrogen) atoms. The number of rotatable bonds is 5. The molecular formula is C21H25N5O. The van der Waals surface area contributed by atoms with Crippen LogP contribution in [0.2, 0.25) is 0 Å². The Kier molecular flexibility index (Phi) is 4.90. The van der Waals surface area contributed by atoms with Crippen molar-refractivity contribution in [3.05, 3.63) is 65.1 Å². The van der Waals surface area contributed by atoms with Gasteiger partial charge in [0.25, 0.3) is 5.91 Å². The van der Waals surface area contributed by atoms with Gasteiger partial charge in [-0.05, 0) is 49.4 Å². The highest BCUT2D eigenvalue weighted by Gasteiger charge is 2.24. The molecule has 1 aliphatic heterocycles. The summed E-state index contributed by atoms with van der Waals surface area (Å²) in [4.78, 5) is 19.2. The minimum absolute atomic E-state index is 0.115. The van der Waals surface area contributed by atoms with Crippen LogP contribution in [0.5, 0.6) is 0 Å². The van der Waals surface area contributed by atoms with E-state index in [1.807, 2.05) is 13.1 Å². The number of fused-ring (bicyclic) bond motifs is 1. The lowest BCUT2D eigenvalue weighted by atomic mass is 9.94. The maximum atomic E-state index is 12.5. The van der Waals surface area contributed by atoms with Crippen LogP contribution < -0.4 is 5.32 Å². The number of benzene rings is 1. The predicted molar refractivity (Wildman–Crippen MR) is 105 cm³/mol. The summed E-state index contributed by atoms with van der Waals surface area (Å²) in [7, 11) is 0. The van der Waals surface area contributed by atoms with E-state index in [2.05, 4.69) is 51.5 Å². The molecule has 0 saturated carbocycles. The van der Waals surface area contributed by atoms with Crippen LogP contribution in [0.1, 0.15) is 39.4 Å². The van der Waals surface area contributed by atoms with Crippen molar-refractivity contribution in [3.63, 3.8) is 0 Å². The molecule has 0 spiro atoms. The molecule has 0 bridgehead atoms. The molecule has 1 saturated heterocycles. The number of amides is 1. The maximum Gasteiger partial charge on any atom is 0.256 e. The number of hydrogen-bond acceptors (Lipinski definition) is 4. The molecule has 1 amide bonds. The van der Waals surface area contributed by atoms with Gasteiger partial charge < -0.3 is 10.2 Å². The van der Waals surface area contributed by atoms with E-state index in [4.69, 9.17) is 0 Å². The molecule has 1 aliphatic rings. The van der Waals surface area contributed by atoms with Crippen molar-refractivity contribution in [3.8, 4) is 0 Å². The molecule has 6 nitrogen and oxygen atoms in total. The third-order valence-electron chi connectivity index (χ3n) is 5.34. The minimum atomic E-state index is -0.115. The van der Waals surface area contributed by atoms with E-state index in [0.29, 0.717) is 23.7 Å². The van der Waals surface area contributed by atoms with E-state index < -0.39 is 0 Å². The van der Waals surface area contributed by atoms with Crippen molar-refractivity contribution < 1.29 is 4.79 Å². The Morgan fingerprint density at radius 3 is 2.96 bits per heavy atom. The Balaban J connectivity index is 1.31. The Hall–Kier alpha value is -2.73. The average Bonchev–Trinajstić information content (AvgIpc) is 3.28. The van der Waals surface area contributed by atoms with Crippen LogP contribution in [0.15, 0.2) is 42.9 Å². The van der Waals surface area contributed by atoms with Gasteiger partial charge in [-0.1, -0.05) is 24.3 Å². The molecular weight excluding hydrogens is 338 g/mol. The topological polar surface area (TPSA) is 62.5 Å². The summed E-state index contributed by atoms with van der Waals surface area (Å²) >= 11 is 0. The molecule has 140 valence electrons. The number of nitrogens with one attached hydrogen (secondary N) is 1. The van der Waals surface area contributed by atoms with Crippen LogP contribution in [-0.2, 0) is 0 Å². The highest BCUT2D eigenvalue weighted by atomic mass is 16.1. The smallest absolute Gasteiger partial charge is 0.256 e. The fourth-order valence-electron chi connectivity index (χ4n) is 3.89. The third kappa shape index (κ3) is 3.71. The fourth-order valence-corrected chi connectivity index (χ4v) is 3.89. The number of likely N-dealkylation sites (tertiary alicyclic amines) is 1. The first-order valence-electron chi connectivity index (χ1n) is 9.48. The van der Waals surface area contributed by atoms with Gasteiger partial charge in [0.1, 0.15) is 5.56 Å². The number of aryl methyl sites for hydroxylation is 2. The molecule has 3 aromatic rings. The van der Waals surface area contributed by atoms with Crippen LogP contribution in [0.4, 0.5) is 0 Å². The summed E-state index contributed by atoms with van der Waals surface area (Å²) in [5.74, 6) is 0.477. The Morgan fingerprint density at radius 2 is 2.11 bits per heavy atom. The minimum Gasteiger partial charge on any atom is -0.351 e. The number of carbonyl (C=O) groups excluding carboxylic acids is 1. The fraction of sp³-hybridized carbons (Fsp3) is 0.381. The second-order valence-electron chi connectivity index (χ2n) is 7.36. The van der Waals surface area contributed by atoms with Gasteiger partial charge in [-0.15, -0.1) is 0 Å². The molecule has 1 fully saturated rings. The van der Waals surface area contributed by atoms with Gasteiger partial charge in [0.15, 0.2) is 5.65 Å². The molecule has 0 radical (unpaired) electrons. The zero-order valence-electron chi connectivity index (χ0n) is 15.9. The van der Waals surface area contributed by atoms with Crippen molar-refractivity contribution in [2.24, 2.45) is 0 Å². The standard InChI is InChI=1S/C21H25N5O/c1-15-11-23-20-19(12-24-26(20)13-15)21(27)22-8-10-25-9-7-17(14-25)18-6-4-3-5-16(18)2/h3-6,11-13,17H,7-10,14H2,1-2H3,(H,22,27). The van der Waals surface area contributed by atoms with Gasteiger partial charge in [-0.25, -0.2) is 9.50 Å². The average molecular weight is 363 g/mol. The van der Waals surface area contributed by atoms with E-state index in [0.717, 1.165) is 25.2 Å². The van der Waals surface area contributed by atoms with Gasteiger partial charge in [-0.3, -0.25) is 4.79 Å². The van der Waals surface area contributed by atoms with Crippen molar-refractivity contribution >= 4 is 11.6 Å². The van der Waals surface area contributed by atoms with Crippen molar-refractivity contribution in [1.29, 1.82) is 0 Å². The second kappa shape index (κ2) is 7.48. The van der Waals surface area contributed by atoms with Crippen LogP contribution in [0, 0.1) is 13.8 Å². The van der Waals surface area contributed by atoms with E-state index in [1.54, 1.807) is 16.9 Å². The SMILES string of the molecule is Cc1cnc2c(C(=O)NCCN3CCC(c4ccccc4C)C3)cnn2c1. The van der Waals surface area contributed by atoms with Gasteiger partial charge in [0, 0.05) is 32.0 Å². The largest absolute Gasteiger partial charge is 0.351 e. The lowest BCUT2D eigenvalue weighted by molar-refractivity contribution is 0.0951. The summed E-state index contributed by atoms with van der Waals surface area (Å²) in [5.41, 5.74) is 4.95. The summed E-state index contributed by atoms with van der Waals surface area (Å²) in [6.45, 7) is 7.76. The molecule has 1 atom stereocenters. The zero-order chi connectivity index (χ0) is 18.8. The number of nitrogens with zero attached hydrogens (tertiary/aromatic N) is 4. The van der Waals surface area contributed by atoms with Gasteiger partial charge in [-0.2, -0.15) is 5.10 Å². The van der Waals surface area contributed by atoms with Crippen molar-refractivity contribution in [1.82, 2.24) is 24.8 Å². The second-order valence-corrected chi connectivity index (χ2v) is 7.36. The Bertz CT molecular complexity index is 964. The van der Waals surface area contributed by atoms with Crippen molar-refractivity contribution in [2.75, 3.05) is 26.2 Å². The molecule has 1 N–H and O–H groups in total. The highest BCUT2D eigenvalue weighted by molar-refractivity contribution is 5.99. The molecule has 1 aromatic carbocycles. The van der Waals surface area contributed by atoms with Crippen molar-refractivity contribution in [2.45, 2.75) is 26.2 Å². The molecule has 1 unspecified atom stereocenters. The van der Waals surface area contributed by atoms with Crippen LogP contribution in [0.25, 0.3) is 5.65 Å². The first-order chi connectivity index (χ1) is 13.1. The lowest BCUT2D eigenvalue weighted by Gasteiger charge is -2.17. The normalized spacial score (nSPS) is 17.5. The summed E-state index contributed by atoms with van der Waals surface area (Å²) in [5, 5.41) is 7.23. The third-order valence-corrected chi connectivity index (χ3v) is 5.34. The molecule has 2 aromatic heterocycles. The van der Waals surface area contributed by atoms with Gasteiger partial charge in [0.05, 0.1) is 6.20 Å². The first kappa shape index (κ1) is 17.7. The van der Waals surface area contributed by atoms with E-state index >= 15 is 0 Å².